The van der Waals surface area contributed by atoms with Crippen molar-refractivity contribution in [1.29, 1.82) is 0 Å². The average molecular weight is 310 g/mol. The van der Waals surface area contributed by atoms with Crippen LogP contribution in [0.25, 0.3) is 5.69 Å². The number of hydrogen-bond donors (Lipinski definition) is 1. The number of hydrogen-bond acceptors (Lipinski definition) is 3. The van der Waals surface area contributed by atoms with E-state index >= 15 is 0 Å². The summed E-state index contributed by atoms with van der Waals surface area (Å²) in [5.74, 6) is 0.655. The highest BCUT2D eigenvalue weighted by Gasteiger charge is 2.28. The van der Waals surface area contributed by atoms with Crippen molar-refractivity contribution in [2.75, 3.05) is 31.1 Å². The van der Waals surface area contributed by atoms with Crippen LogP contribution in [0.4, 0.5) is 5.69 Å². The van der Waals surface area contributed by atoms with E-state index in [0.29, 0.717) is 5.92 Å². The largest absolute Gasteiger partial charge is 0.366 e. The Morgan fingerprint density at radius 3 is 2.65 bits per heavy atom. The second-order valence-electron chi connectivity index (χ2n) is 6.88. The van der Waals surface area contributed by atoms with Crippen LogP contribution in [0, 0.1) is 6.92 Å². The van der Waals surface area contributed by atoms with E-state index in [9.17, 15) is 0 Å². The van der Waals surface area contributed by atoms with Crippen molar-refractivity contribution in [2.45, 2.75) is 38.5 Å². The van der Waals surface area contributed by atoms with Crippen molar-refractivity contribution in [3.05, 3.63) is 41.7 Å². The van der Waals surface area contributed by atoms with Gasteiger partial charge in [0, 0.05) is 32.1 Å². The molecule has 1 aliphatic heterocycles. The predicted molar refractivity (Wildman–Crippen MR) is 94.6 cm³/mol. The molecule has 4 heteroatoms. The molecule has 23 heavy (non-hydrogen) atoms. The van der Waals surface area contributed by atoms with Gasteiger partial charge in [0.1, 0.15) is 0 Å². The fourth-order valence-electron chi connectivity index (χ4n) is 4.05. The number of aryl methyl sites for hydroxylation is 1. The Morgan fingerprint density at radius 2 is 1.91 bits per heavy atom. The van der Waals surface area contributed by atoms with E-state index in [4.69, 9.17) is 5.10 Å². The first-order chi connectivity index (χ1) is 11.3. The van der Waals surface area contributed by atoms with Gasteiger partial charge in [0.2, 0.25) is 0 Å². The van der Waals surface area contributed by atoms with Gasteiger partial charge in [0.25, 0.3) is 0 Å². The van der Waals surface area contributed by atoms with Crippen molar-refractivity contribution < 1.29 is 0 Å². The van der Waals surface area contributed by atoms with Crippen molar-refractivity contribution in [2.24, 2.45) is 0 Å². The minimum Gasteiger partial charge on any atom is -0.366 e. The van der Waals surface area contributed by atoms with Gasteiger partial charge in [0.05, 0.1) is 23.3 Å². The monoisotopic (exact) mass is 310 g/mol. The number of anilines is 1. The molecule has 0 unspecified atom stereocenters. The minimum absolute atomic E-state index is 0.655. The van der Waals surface area contributed by atoms with Gasteiger partial charge in [-0.25, -0.2) is 4.68 Å². The Bertz CT molecular complexity index is 664. The third-order valence-corrected chi connectivity index (χ3v) is 5.23. The number of rotatable bonds is 3. The second kappa shape index (κ2) is 6.36. The van der Waals surface area contributed by atoms with E-state index < -0.39 is 0 Å². The summed E-state index contributed by atoms with van der Waals surface area (Å²) < 4.78 is 2.21. The van der Waals surface area contributed by atoms with Crippen molar-refractivity contribution in [3.63, 3.8) is 0 Å². The zero-order valence-electron chi connectivity index (χ0n) is 14.0. The Hall–Kier alpha value is -1.81. The molecular formula is C19H26N4. The topological polar surface area (TPSA) is 33.1 Å². The van der Waals surface area contributed by atoms with Gasteiger partial charge in [0.15, 0.2) is 0 Å². The van der Waals surface area contributed by atoms with Crippen LogP contribution in [0.1, 0.15) is 42.9 Å². The minimum atomic E-state index is 0.655. The molecule has 0 spiro atoms. The highest BCUT2D eigenvalue weighted by atomic mass is 15.3. The molecule has 1 saturated carbocycles. The molecule has 2 aromatic rings. The first-order valence-corrected chi connectivity index (χ1v) is 8.93. The van der Waals surface area contributed by atoms with E-state index in [2.05, 4.69) is 52.3 Å². The summed E-state index contributed by atoms with van der Waals surface area (Å²) >= 11 is 0. The number of nitrogens with zero attached hydrogens (tertiary/aromatic N) is 3. The van der Waals surface area contributed by atoms with Crippen LogP contribution in [0.5, 0.6) is 0 Å². The first-order valence-electron chi connectivity index (χ1n) is 8.93. The van der Waals surface area contributed by atoms with E-state index in [1.54, 1.807) is 0 Å². The highest BCUT2D eigenvalue weighted by Crippen LogP contribution is 2.40. The van der Waals surface area contributed by atoms with Crippen LogP contribution in [0.2, 0.25) is 0 Å². The molecule has 0 bridgehead atoms. The summed E-state index contributed by atoms with van der Waals surface area (Å²) in [6.07, 6.45) is 7.41. The van der Waals surface area contributed by atoms with Crippen molar-refractivity contribution in [1.82, 2.24) is 15.1 Å². The van der Waals surface area contributed by atoms with Gasteiger partial charge in [-0.2, -0.15) is 5.10 Å². The smallest absolute Gasteiger partial charge is 0.0793 e. The van der Waals surface area contributed by atoms with Crippen LogP contribution in [-0.4, -0.2) is 36.0 Å². The van der Waals surface area contributed by atoms with E-state index in [1.807, 2.05) is 0 Å². The standard InChI is InChI=1S/C19H26N4/c1-15-5-4-8-17(13-15)23-19(16-6-2-3-7-16)18(14-21-23)22-11-9-20-10-12-22/h4-5,8,13-14,16,20H,2-3,6-7,9-12H2,1H3. The molecule has 0 atom stereocenters. The molecular weight excluding hydrogens is 284 g/mol. The Labute approximate surface area is 138 Å². The lowest BCUT2D eigenvalue weighted by Gasteiger charge is -2.30. The second-order valence-corrected chi connectivity index (χ2v) is 6.88. The van der Waals surface area contributed by atoms with Crippen LogP contribution in [0.3, 0.4) is 0 Å². The fourth-order valence-corrected chi connectivity index (χ4v) is 4.05. The number of aromatic nitrogens is 2. The molecule has 4 nitrogen and oxygen atoms in total. The van der Waals surface area contributed by atoms with Gasteiger partial charge in [-0.05, 0) is 37.5 Å². The Kier molecular flexibility index (Phi) is 4.08. The summed E-state index contributed by atoms with van der Waals surface area (Å²) in [6, 6.07) is 8.71. The Balaban J connectivity index is 1.77. The molecule has 1 aromatic heterocycles. The first kappa shape index (κ1) is 14.8. The lowest BCUT2D eigenvalue weighted by Crippen LogP contribution is -2.43. The normalized spacial score (nSPS) is 19.4. The summed E-state index contributed by atoms with van der Waals surface area (Å²) in [5.41, 5.74) is 5.29. The van der Waals surface area contributed by atoms with Gasteiger partial charge >= 0.3 is 0 Å². The molecule has 0 amide bonds. The molecule has 4 rings (SSSR count). The van der Waals surface area contributed by atoms with Crippen LogP contribution >= 0.6 is 0 Å². The molecule has 1 saturated heterocycles. The molecule has 1 N–H and O–H groups in total. The third-order valence-electron chi connectivity index (χ3n) is 5.23. The van der Waals surface area contributed by atoms with Gasteiger partial charge in [-0.3, -0.25) is 0 Å². The Morgan fingerprint density at radius 1 is 1.13 bits per heavy atom. The summed E-state index contributed by atoms with van der Waals surface area (Å²) in [5, 5.41) is 8.25. The summed E-state index contributed by atoms with van der Waals surface area (Å²) in [7, 11) is 0. The zero-order valence-corrected chi connectivity index (χ0v) is 14.0. The van der Waals surface area contributed by atoms with Crippen molar-refractivity contribution in [3.8, 4) is 5.69 Å². The van der Waals surface area contributed by atoms with E-state index in [0.717, 1.165) is 26.2 Å². The predicted octanol–water partition coefficient (Wildman–Crippen LogP) is 3.25. The van der Waals surface area contributed by atoms with E-state index in [-0.39, 0.29) is 0 Å². The maximum absolute atomic E-state index is 4.80. The highest BCUT2D eigenvalue weighted by molar-refractivity contribution is 5.55. The molecule has 1 aromatic carbocycles. The molecule has 2 heterocycles. The molecule has 2 fully saturated rings. The van der Waals surface area contributed by atoms with Gasteiger partial charge in [-0.1, -0.05) is 25.0 Å². The maximum atomic E-state index is 4.80. The van der Waals surface area contributed by atoms with E-state index in [1.165, 1.54) is 48.3 Å². The lowest BCUT2D eigenvalue weighted by atomic mass is 10.0. The SMILES string of the molecule is Cc1cccc(-n2ncc(N3CCNCC3)c2C2CCCC2)c1. The van der Waals surface area contributed by atoms with Crippen molar-refractivity contribution >= 4 is 5.69 Å². The summed E-state index contributed by atoms with van der Waals surface area (Å²) in [4.78, 5) is 2.52. The van der Waals surface area contributed by atoms with Gasteiger partial charge in [-0.15, -0.1) is 0 Å². The molecule has 122 valence electrons. The van der Waals surface area contributed by atoms with Crippen LogP contribution < -0.4 is 10.2 Å². The lowest BCUT2D eigenvalue weighted by molar-refractivity contribution is 0.581. The van der Waals surface area contributed by atoms with Crippen LogP contribution in [-0.2, 0) is 0 Å². The maximum Gasteiger partial charge on any atom is 0.0793 e. The average Bonchev–Trinajstić information content (AvgIpc) is 3.25. The number of nitrogens with one attached hydrogen (secondary N) is 1. The molecule has 2 aliphatic rings. The quantitative estimate of drug-likeness (QED) is 0.945. The third kappa shape index (κ3) is 2.88. The molecule has 1 aliphatic carbocycles. The molecule has 0 radical (unpaired) electrons. The number of benzene rings is 1. The van der Waals surface area contributed by atoms with Crippen LogP contribution in [0.15, 0.2) is 30.5 Å². The fraction of sp³-hybridized carbons (Fsp3) is 0.526. The number of piperazine rings is 1. The zero-order chi connectivity index (χ0) is 15.6. The van der Waals surface area contributed by atoms with Gasteiger partial charge < -0.3 is 10.2 Å². The summed E-state index contributed by atoms with van der Waals surface area (Å²) in [6.45, 7) is 6.46.